The van der Waals surface area contributed by atoms with Gasteiger partial charge in [-0.05, 0) is 12.1 Å². The van der Waals surface area contributed by atoms with Crippen LogP contribution in [0.25, 0.3) is 0 Å². The number of aliphatic hydroxyl groups is 1. The normalized spacial score (nSPS) is 9.33. The largest absolute Gasteiger partial charge is 0.465 e. The fourth-order valence-corrected chi connectivity index (χ4v) is 1.83. The van der Waals surface area contributed by atoms with Crippen molar-refractivity contribution in [2.45, 2.75) is 13.8 Å². The maximum atomic E-state index is 11.8. The average molecular weight is 289 g/mol. The molecule has 21 heavy (non-hydrogen) atoms. The predicted octanol–water partition coefficient (Wildman–Crippen LogP) is 0.716. The zero-order chi connectivity index (χ0) is 16.0. The maximum absolute atomic E-state index is 11.8. The number of ether oxygens (including phenoxy) is 1. The van der Waals surface area contributed by atoms with E-state index in [9.17, 15) is 14.4 Å². The van der Waals surface area contributed by atoms with Crippen LogP contribution in [-0.4, -0.2) is 36.6 Å². The van der Waals surface area contributed by atoms with Crippen LogP contribution in [0.4, 0.5) is 5.69 Å². The molecule has 0 saturated heterocycles. The van der Waals surface area contributed by atoms with Gasteiger partial charge in [-0.15, -0.1) is 0 Å². The summed E-state index contributed by atoms with van der Waals surface area (Å²) in [7, 11) is 1.21. The zero-order valence-electron chi connectivity index (χ0n) is 12.0. The number of aliphatic hydroxyl groups excluding tert-OH is 1. The van der Waals surface area contributed by atoms with E-state index in [1.807, 2.05) is 0 Å². The van der Waals surface area contributed by atoms with Crippen molar-refractivity contribution in [3.05, 3.63) is 29.3 Å². The highest BCUT2D eigenvalue weighted by Crippen LogP contribution is 2.24. The lowest BCUT2D eigenvalue weighted by Crippen LogP contribution is -2.34. The van der Waals surface area contributed by atoms with Gasteiger partial charge in [0.05, 0.1) is 23.9 Å². The second kappa shape index (κ2) is 7.22. The van der Waals surface area contributed by atoms with Crippen molar-refractivity contribution in [3.63, 3.8) is 0 Å². The van der Waals surface area contributed by atoms with Gasteiger partial charge in [-0.25, -0.2) is 9.69 Å². The first-order valence-electron chi connectivity index (χ1n) is 6.06. The second-order valence-corrected chi connectivity index (χ2v) is 4.02. The van der Waals surface area contributed by atoms with Gasteiger partial charge >= 0.3 is 5.97 Å². The molecule has 1 N–H and O–H groups in total. The summed E-state index contributed by atoms with van der Waals surface area (Å²) in [6, 6.07) is 4.48. The Bertz CT molecular complexity index is 625. The number of rotatable bonds is 2. The quantitative estimate of drug-likeness (QED) is 0.640. The number of carbonyl (C=O) groups is 3. The molecular formula is C15H15NO5. The Morgan fingerprint density at radius 1 is 1.24 bits per heavy atom. The molecule has 2 amide bonds. The summed E-state index contributed by atoms with van der Waals surface area (Å²) in [5, 5.41) is 8.82. The van der Waals surface area contributed by atoms with Crippen molar-refractivity contribution >= 4 is 23.5 Å². The molecule has 0 fully saturated rings. The molecule has 0 radical (unpaired) electrons. The third kappa shape index (κ3) is 3.68. The fraction of sp³-hybridized carbons (Fsp3) is 0.267. The molecule has 0 aliphatic rings. The number of imide groups is 1. The summed E-state index contributed by atoms with van der Waals surface area (Å²) in [5.41, 5.74) is 0.450. The van der Waals surface area contributed by atoms with Gasteiger partial charge in [-0.3, -0.25) is 9.59 Å². The molecule has 0 spiro atoms. The van der Waals surface area contributed by atoms with Gasteiger partial charge in [-0.2, -0.15) is 0 Å². The van der Waals surface area contributed by atoms with E-state index in [0.29, 0.717) is 0 Å². The van der Waals surface area contributed by atoms with Crippen molar-refractivity contribution in [1.29, 1.82) is 0 Å². The number of carbonyl (C=O) groups excluding carboxylic acids is 3. The topological polar surface area (TPSA) is 83.9 Å². The fourth-order valence-electron chi connectivity index (χ4n) is 1.83. The third-order valence-corrected chi connectivity index (χ3v) is 2.61. The summed E-state index contributed by atoms with van der Waals surface area (Å²) < 4.78 is 4.66. The Kier molecular flexibility index (Phi) is 5.64. The Hall–Kier alpha value is -2.65. The molecule has 0 unspecified atom stereocenters. The van der Waals surface area contributed by atoms with Gasteiger partial charge in [0, 0.05) is 13.8 Å². The van der Waals surface area contributed by atoms with Gasteiger partial charge in [0.2, 0.25) is 11.8 Å². The first-order chi connectivity index (χ1) is 9.93. The Morgan fingerprint density at radius 2 is 1.86 bits per heavy atom. The number of hydrogen-bond acceptors (Lipinski definition) is 5. The van der Waals surface area contributed by atoms with E-state index in [2.05, 4.69) is 16.6 Å². The standard InChI is InChI=1S/C15H15NO5/c1-10(18)16(11(2)19)14-8-4-6-13(15(20)21-3)12(14)7-5-9-17/h4,6,8,17H,9H2,1-3H3. The van der Waals surface area contributed by atoms with Crippen LogP contribution in [0.3, 0.4) is 0 Å². The van der Waals surface area contributed by atoms with Crippen molar-refractivity contribution in [3.8, 4) is 11.8 Å². The van der Waals surface area contributed by atoms with Crippen LogP contribution in [0.5, 0.6) is 0 Å². The highest BCUT2D eigenvalue weighted by atomic mass is 16.5. The summed E-state index contributed by atoms with van der Waals surface area (Å²) in [4.78, 5) is 36.0. The summed E-state index contributed by atoms with van der Waals surface area (Å²) in [5.74, 6) is 3.34. The number of benzene rings is 1. The molecule has 0 bridgehead atoms. The van der Waals surface area contributed by atoms with Crippen molar-refractivity contribution in [2.75, 3.05) is 18.6 Å². The average Bonchev–Trinajstić information content (AvgIpc) is 2.44. The predicted molar refractivity (Wildman–Crippen MR) is 75.6 cm³/mol. The number of methoxy groups -OCH3 is 1. The Morgan fingerprint density at radius 3 is 2.33 bits per heavy atom. The van der Waals surface area contributed by atoms with E-state index in [4.69, 9.17) is 5.11 Å². The number of hydrogen-bond donors (Lipinski definition) is 1. The van der Waals surface area contributed by atoms with Crippen LogP contribution in [0.15, 0.2) is 18.2 Å². The monoisotopic (exact) mass is 289 g/mol. The number of esters is 1. The summed E-state index contributed by atoms with van der Waals surface area (Å²) >= 11 is 0. The lowest BCUT2D eigenvalue weighted by atomic mass is 10.0. The lowest BCUT2D eigenvalue weighted by molar-refractivity contribution is -0.124. The second-order valence-electron chi connectivity index (χ2n) is 4.02. The molecular weight excluding hydrogens is 274 g/mol. The van der Waals surface area contributed by atoms with Crippen molar-refractivity contribution < 1.29 is 24.2 Å². The minimum Gasteiger partial charge on any atom is -0.465 e. The molecule has 0 aliphatic carbocycles. The van der Waals surface area contributed by atoms with Gasteiger partial charge < -0.3 is 9.84 Å². The van der Waals surface area contributed by atoms with Crippen molar-refractivity contribution in [2.24, 2.45) is 0 Å². The van der Waals surface area contributed by atoms with Crippen LogP contribution in [0.2, 0.25) is 0 Å². The minimum absolute atomic E-state index is 0.114. The Labute approximate surface area is 122 Å². The molecule has 1 rings (SSSR count). The summed E-state index contributed by atoms with van der Waals surface area (Å²) in [6.45, 7) is 2.04. The van der Waals surface area contributed by atoms with E-state index < -0.39 is 24.4 Å². The lowest BCUT2D eigenvalue weighted by Gasteiger charge is -2.20. The number of nitrogens with zero attached hydrogens (tertiary/aromatic N) is 1. The highest BCUT2D eigenvalue weighted by Gasteiger charge is 2.23. The number of anilines is 1. The van der Waals surface area contributed by atoms with E-state index >= 15 is 0 Å². The summed E-state index contributed by atoms with van der Waals surface area (Å²) in [6.07, 6.45) is 0. The molecule has 0 saturated carbocycles. The van der Waals surface area contributed by atoms with Gasteiger partial charge in [-0.1, -0.05) is 17.9 Å². The first-order valence-corrected chi connectivity index (χ1v) is 6.06. The van der Waals surface area contributed by atoms with Crippen LogP contribution in [-0.2, 0) is 14.3 Å². The molecule has 0 atom stereocenters. The molecule has 1 aromatic rings. The maximum Gasteiger partial charge on any atom is 0.339 e. The van der Waals surface area contributed by atoms with E-state index in [-0.39, 0.29) is 16.8 Å². The zero-order valence-corrected chi connectivity index (χ0v) is 12.0. The van der Waals surface area contributed by atoms with Gasteiger partial charge in [0.25, 0.3) is 0 Å². The molecule has 6 nitrogen and oxygen atoms in total. The number of amides is 2. The molecule has 6 heteroatoms. The van der Waals surface area contributed by atoms with E-state index in [1.165, 1.54) is 39.2 Å². The SMILES string of the molecule is COC(=O)c1cccc(N(C(C)=O)C(C)=O)c1C#CCO. The highest BCUT2D eigenvalue weighted by molar-refractivity contribution is 6.14. The smallest absolute Gasteiger partial charge is 0.339 e. The molecule has 0 aromatic heterocycles. The first kappa shape index (κ1) is 16.4. The van der Waals surface area contributed by atoms with Crippen LogP contribution in [0, 0.1) is 11.8 Å². The van der Waals surface area contributed by atoms with E-state index in [1.54, 1.807) is 0 Å². The van der Waals surface area contributed by atoms with Crippen LogP contribution in [0.1, 0.15) is 29.8 Å². The van der Waals surface area contributed by atoms with Gasteiger partial charge in [0.15, 0.2) is 0 Å². The minimum atomic E-state index is -0.647. The van der Waals surface area contributed by atoms with Gasteiger partial charge in [0.1, 0.15) is 6.61 Å². The Balaban J connectivity index is 3.61. The molecule has 1 aromatic carbocycles. The van der Waals surface area contributed by atoms with Crippen molar-refractivity contribution in [1.82, 2.24) is 0 Å². The van der Waals surface area contributed by atoms with E-state index in [0.717, 1.165) is 4.90 Å². The molecule has 0 heterocycles. The molecule has 110 valence electrons. The third-order valence-electron chi connectivity index (χ3n) is 2.61. The molecule has 0 aliphatic heterocycles. The van der Waals surface area contributed by atoms with Crippen LogP contribution < -0.4 is 4.90 Å². The van der Waals surface area contributed by atoms with Crippen LogP contribution >= 0.6 is 0 Å².